The summed E-state index contributed by atoms with van der Waals surface area (Å²) in [5.41, 5.74) is -0.796. The van der Waals surface area contributed by atoms with Crippen LogP contribution in [-0.4, -0.2) is 87.4 Å². The van der Waals surface area contributed by atoms with Gasteiger partial charge in [0.1, 0.15) is 34.8 Å². The molecule has 4 unspecified atom stereocenters. The maximum Gasteiger partial charge on any atom is 0.202 e. The Morgan fingerprint density at radius 2 is 1.76 bits per heavy atom. The van der Waals surface area contributed by atoms with Crippen LogP contribution in [0.2, 0.25) is 0 Å². The van der Waals surface area contributed by atoms with Crippen molar-refractivity contribution in [1.82, 2.24) is 0 Å². The normalized spacial score (nSPS) is 27.7. The summed E-state index contributed by atoms with van der Waals surface area (Å²) < 4.78 is 17.8. The van der Waals surface area contributed by atoms with Crippen molar-refractivity contribution in [2.24, 2.45) is 4.99 Å². The number of aliphatic imine (C=N–C) groups is 1. The molecule has 3 aromatic carbocycles. The number of aliphatic hydroxyl groups excluding tert-OH is 1. The Bertz CT molecular complexity index is 1940. The third-order valence-electron chi connectivity index (χ3n) is 10.4. The van der Waals surface area contributed by atoms with Gasteiger partial charge in [0.25, 0.3) is 0 Å². The van der Waals surface area contributed by atoms with Crippen molar-refractivity contribution in [3.63, 3.8) is 0 Å². The highest BCUT2D eigenvalue weighted by Crippen LogP contribution is 2.52. The maximum atomic E-state index is 13.9. The molecule has 0 aromatic heterocycles. The van der Waals surface area contributed by atoms with Crippen molar-refractivity contribution in [1.29, 1.82) is 0 Å². The van der Waals surface area contributed by atoms with Gasteiger partial charge in [-0.25, -0.2) is 0 Å². The van der Waals surface area contributed by atoms with Crippen LogP contribution in [0.1, 0.15) is 88.3 Å². The number of Topliss-reactive ketones (excluding diaryl/α,β-unsaturated/α-hetero) is 1. The third kappa shape index (κ3) is 5.21. The first-order valence-corrected chi connectivity index (χ1v) is 16.3. The van der Waals surface area contributed by atoms with E-state index in [9.17, 15) is 34.8 Å². The van der Waals surface area contributed by atoms with Gasteiger partial charge in [0, 0.05) is 48.2 Å². The molecule has 0 bridgehead atoms. The van der Waals surface area contributed by atoms with Gasteiger partial charge in [0.15, 0.2) is 17.9 Å². The molecule has 49 heavy (non-hydrogen) atoms. The van der Waals surface area contributed by atoms with E-state index in [1.807, 2.05) is 25.1 Å². The number of carbonyl (C=O) groups is 3. The van der Waals surface area contributed by atoms with E-state index in [1.54, 1.807) is 6.92 Å². The number of methoxy groups -OCH3 is 1. The molecule has 256 valence electrons. The summed E-state index contributed by atoms with van der Waals surface area (Å²) >= 11 is 0. The summed E-state index contributed by atoms with van der Waals surface area (Å²) in [6.07, 6.45) is -3.80. The molecule has 0 radical (unpaired) electrons. The smallest absolute Gasteiger partial charge is 0.202 e. The molecule has 3 aromatic rings. The number of nitrogens with zero attached hydrogens (tertiary/aromatic N) is 2. The van der Waals surface area contributed by atoms with Gasteiger partial charge in [-0.3, -0.25) is 19.4 Å². The third-order valence-corrected chi connectivity index (χ3v) is 10.4. The number of aliphatic hydroxyl groups is 2. The minimum atomic E-state index is -2.03. The number of amidine groups is 1. The summed E-state index contributed by atoms with van der Waals surface area (Å²) in [7, 11) is 1.35. The zero-order valence-corrected chi connectivity index (χ0v) is 27.6. The number of hydrogen-bond acceptors (Lipinski definition) is 11. The van der Waals surface area contributed by atoms with E-state index in [0.29, 0.717) is 5.84 Å². The molecule has 12 heteroatoms. The average Bonchev–Trinajstić information content (AvgIpc) is 3.51. The van der Waals surface area contributed by atoms with Crippen molar-refractivity contribution in [3.05, 3.63) is 81.4 Å². The molecular formula is C37H38N2O10. The second kappa shape index (κ2) is 12.1. The van der Waals surface area contributed by atoms with Crippen LogP contribution in [-0.2, 0) is 27.1 Å². The largest absolute Gasteiger partial charge is 0.507 e. The van der Waals surface area contributed by atoms with Gasteiger partial charge < -0.3 is 39.5 Å². The number of benzene rings is 3. The number of phenols is 2. The van der Waals surface area contributed by atoms with E-state index in [0.717, 1.165) is 18.7 Å². The summed E-state index contributed by atoms with van der Waals surface area (Å²) in [5.74, 6) is -2.46. The molecule has 1 fully saturated rings. The second-order valence-electron chi connectivity index (χ2n) is 13.2. The monoisotopic (exact) mass is 670 g/mol. The predicted octanol–water partition coefficient (Wildman–Crippen LogP) is 3.55. The first kappa shape index (κ1) is 32.9. The van der Waals surface area contributed by atoms with Gasteiger partial charge in [-0.05, 0) is 44.9 Å². The molecular weight excluding hydrogens is 632 g/mol. The Hall–Kier alpha value is -4.62. The zero-order valence-electron chi connectivity index (χ0n) is 27.6. The van der Waals surface area contributed by atoms with Crippen LogP contribution in [0.15, 0.2) is 47.5 Å². The molecule has 2 heterocycles. The SMILES string of the molecule is COc1cccc2c1C(=O)c1c(O)c3c(c(O)c1C2=O)CC(O)(C(C)=O)C[C@@H]3OC1C[C@H](N=C(C)N2CCc3ccccc32)C(O)C(C)O1. The summed E-state index contributed by atoms with van der Waals surface area (Å²) in [6, 6.07) is 11.9. The van der Waals surface area contributed by atoms with Crippen molar-refractivity contribution in [2.45, 2.75) is 82.7 Å². The zero-order chi connectivity index (χ0) is 34.9. The van der Waals surface area contributed by atoms with E-state index < -0.39 is 82.6 Å². The number of ketones is 3. The Morgan fingerprint density at radius 1 is 1.02 bits per heavy atom. The number of para-hydroxylation sites is 1. The Balaban J connectivity index is 1.26. The number of fused-ring (bicyclic) bond motifs is 4. The van der Waals surface area contributed by atoms with Gasteiger partial charge in [-0.15, -0.1) is 0 Å². The minimum Gasteiger partial charge on any atom is -0.507 e. The number of ether oxygens (including phenoxy) is 3. The lowest BCUT2D eigenvalue weighted by Gasteiger charge is -2.42. The van der Waals surface area contributed by atoms with Gasteiger partial charge in [-0.2, -0.15) is 0 Å². The fraction of sp³-hybridized carbons (Fsp3) is 0.405. The van der Waals surface area contributed by atoms with Gasteiger partial charge in [-0.1, -0.05) is 30.3 Å². The number of anilines is 1. The first-order valence-electron chi connectivity index (χ1n) is 16.3. The fourth-order valence-corrected chi connectivity index (χ4v) is 7.71. The molecule has 2 aliphatic heterocycles. The van der Waals surface area contributed by atoms with E-state index in [-0.39, 0.29) is 40.8 Å². The van der Waals surface area contributed by atoms with E-state index in [1.165, 1.54) is 37.8 Å². The average molecular weight is 671 g/mol. The van der Waals surface area contributed by atoms with Crippen LogP contribution < -0.4 is 9.64 Å². The van der Waals surface area contributed by atoms with Gasteiger partial charge in [0.05, 0.1) is 42.0 Å². The van der Waals surface area contributed by atoms with Crippen LogP contribution in [0.3, 0.4) is 0 Å². The summed E-state index contributed by atoms with van der Waals surface area (Å²) in [5, 5.41) is 46.0. The van der Waals surface area contributed by atoms with Gasteiger partial charge >= 0.3 is 0 Å². The first-order chi connectivity index (χ1) is 23.3. The standard InChI is InChI=1S/C37H38N2O10/c1-17-32(41)23(38-19(3)39-13-12-20-8-5-6-10-24(20)39)14-27(48-17)49-26-16-37(46,18(2)40)15-22-29(26)36(45)31-30(34(22)43)33(42)21-9-7-11-25(47-4)28(21)35(31)44/h5-11,17,23,26-27,32,41,43,45-46H,12-16H2,1-4H3/t17?,23-,26-,27?,32?,37?/m0/s1. The Kier molecular flexibility index (Phi) is 8.10. The van der Waals surface area contributed by atoms with Crippen LogP contribution in [0.5, 0.6) is 17.2 Å². The second-order valence-corrected chi connectivity index (χ2v) is 13.2. The van der Waals surface area contributed by atoms with Crippen LogP contribution in [0, 0.1) is 0 Å². The number of hydrogen-bond donors (Lipinski definition) is 4. The van der Waals surface area contributed by atoms with E-state index in [2.05, 4.69) is 11.0 Å². The highest BCUT2D eigenvalue weighted by molar-refractivity contribution is 6.31. The quantitative estimate of drug-likeness (QED) is 0.139. The maximum absolute atomic E-state index is 13.9. The van der Waals surface area contributed by atoms with Crippen LogP contribution >= 0.6 is 0 Å². The highest BCUT2D eigenvalue weighted by Gasteiger charge is 2.49. The fourth-order valence-electron chi connectivity index (χ4n) is 7.71. The van der Waals surface area contributed by atoms with E-state index >= 15 is 0 Å². The molecule has 0 amide bonds. The lowest BCUT2D eigenvalue weighted by Crippen LogP contribution is -2.49. The number of rotatable bonds is 5. The van der Waals surface area contributed by atoms with Crippen molar-refractivity contribution in [2.75, 3.05) is 18.6 Å². The molecule has 12 nitrogen and oxygen atoms in total. The summed E-state index contributed by atoms with van der Waals surface area (Å²) in [6.45, 7) is 5.51. The molecule has 7 rings (SSSR count). The van der Waals surface area contributed by atoms with Crippen LogP contribution in [0.25, 0.3) is 0 Å². The topological polar surface area (TPSA) is 175 Å². The number of aromatic hydroxyl groups is 2. The van der Waals surface area contributed by atoms with Crippen molar-refractivity contribution in [3.8, 4) is 17.2 Å². The molecule has 2 aliphatic carbocycles. The van der Waals surface area contributed by atoms with E-state index in [4.69, 9.17) is 19.2 Å². The number of phenolic OH excluding ortho intramolecular Hbond substituents is 2. The molecule has 0 spiro atoms. The molecule has 4 N–H and O–H groups in total. The van der Waals surface area contributed by atoms with Crippen LogP contribution in [0.4, 0.5) is 5.69 Å². The predicted molar refractivity (Wildman–Crippen MR) is 177 cm³/mol. The highest BCUT2D eigenvalue weighted by atomic mass is 16.7. The summed E-state index contributed by atoms with van der Waals surface area (Å²) in [4.78, 5) is 47.4. The van der Waals surface area contributed by atoms with Gasteiger partial charge in [0.2, 0.25) is 5.78 Å². The van der Waals surface area contributed by atoms with Crippen molar-refractivity contribution >= 4 is 28.9 Å². The molecule has 1 saturated heterocycles. The lowest BCUT2D eigenvalue weighted by molar-refractivity contribution is -0.246. The molecule has 4 aliphatic rings. The molecule has 0 saturated carbocycles. The number of carbonyl (C=O) groups excluding carboxylic acids is 3. The minimum absolute atomic E-state index is 0.0144. The Morgan fingerprint density at radius 3 is 2.49 bits per heavy atom. The molecule has 6 atom stereocenters. The van der Waals surface area contributed by atoms with Crippen molar-refractivity contribution < 1.29 is 49.0 Å². The lowest BCUT2D eigenvalue weighted by atomic mass is 9.72. The Labute approximate surface area is 282 Å².